The third-order valence-corrected chi connectivity index (χ3v) is 5.16. The highest BCUT2D eigenvalue weighted by Crippen LogP contribution is 2.13. The molecule has 1 heterocycles. The summed E-state index contributed by atoms with van der Waals surface area (Å²) in [5.41, 5.74) is 2.50. The fourth-order valence-corrected chi connectivity index (χ4v) is 3.15. The molecule has 0 fully saturated rings. The lowest BCUT2D eigenvalue weighted by atomic mass is 10.1. The van der Waals surface area contributed by atoms with Crippen LogP contribution in [-0.2, 0) is 22.7 Å². The second kappa shape index (κ2) is 9.33. The standard InChI is InChI=1S/C19H25N3O3S/c1-4-13(2)18(24)21-16-7-5-6-15(10-16)11-20-17(23)8-9-22-14(3)12-26-19(22)25/h5-7,10,12-13H,4,8-9,11H2,1-3H3,(H,20,23)(H,21,24). The van der Waals surface area contributed by atoms with Crippen LogP contribution in [0.15, 0.2) is 34.4 Å². The van der Waals surface area contributed by atoms with Gasteiger partial charge in [-0.25, -0.2) is 0 Å². The number of carbonyl (C=O) groups is 2. The van der Waals surface area contributed by atoms with Gasteiger partial charge in [0.2, 0.25) is 11.8 Å². The normalized spacial score (nSPS) is 11.8. The van der Waals surface area contributed by atoms with Gasteiger partial charge in [-0.1, -0.05) is 37.3 Å². The summed E-state index contributed by atoms with van der Waals surface area (Å²) in [6.45, 7) is 6.48. The number of thiazole rings is 1. The van der Waals surface area contributed by atoms with Crippen molar-refractivity contribution in [3.8, 4) is 0 Å². The molecule has 2 rings (SSSR count). The highest BCUT2D eigenvalue weighted by molar-refractivity contribution is 7.07. The number of benzene rings is 1. The predicted molar refractivity (Wildman–Crippen MR) is 104 cm³/mol. The molecule has 26 heavy (non-hydrogen) atoms. The van der Waals surface area contributed by atoms with E-state index in [-0.39, 0.29) is 29.0 Å². The zero-order valence-electron chi connectivity index (χ0n) is 15.4. The summed E-state index contributed by atoms with van der Waals surface area (Å²) in [7, 11) is 0. The lowest BCUT2D eigenvalue weighted by Crippen LogP contribution is -2.26. The van der Waals surface area contributed by atoms with Gasteiger partial charge in [0.1, 0.15) is 0 Å². The number of amides is 2. The molecule has 7 heteroatoms. The number of aromatic nitrogens is 1. The van der Waals surface area contributed by atoms with E-state index in [1.165, 1.54) is 0 Å². The topological polar surface area (TPSA) is 80.2 Å². The Hall–Kier alpha value is -2.41. The van der Waals surface area contributed by atoms with Crippen LogP contribution in [0, 0.1) is 12.8 Å². The van der Waals surface area contributed by atoms with Gasteiger partial charge in [0.05, 0.1) is 0 Å². The first-order valence-electron chi connectivity index (χ1n) is 8.72. The van der Waals surface area contributed by atoms with Crippen molar-refractivity contribution in [2.45, 2.75) is 46.7 Å². The van der Waals surface area contributed by atoms with Gasteiger partial charge < -0.3 is 15.2 Å². The van der Waals surface area contributed by atoms with Gasteiger partial charge >= 0.3 is 4.87 Å². The van der Waals surface area contributed by atoms with Gasteiger partial charge in [0.25, 0.3) is 0 Å². The van der Waals surface area contributed by atoms with Crippen molar-refractivity contribution >= 4 is 28.8 Å². The van der Waals surface area contributed by atoms with Gasteiger partial charge in [0, 0.05) is 42.2 Å². The van der Waals surface area contributed by atoms with E-state index in [1.807, 2.05) is 45.0 Å². The summed E-state index contributed by atoms with van der Waals surface area (Å²) < 4.78 is 1.61. The fraction of sp³-hybridized carbons (Fsp3) is 0.421. The van der Waals surface area contributed by atoms with Crippen molar-refractivity contribution in [3.05, 3.63) is 50.6 Å². The Kier molecular flexibility index (Phi) is 7.15. The van der Waals surface area contributed by atoms with E-state index < -0.39 is 0 Å². The van der Waals surface area contributed by atoms with Crippen molar-refractivity contribution < 1.29 is 9.59 Å². The minimum atomic E-state index is -0.114. The number of carbonyl (C=O) groups excluding carboxylic acids is 2. The van der Waals surface area contributed by atoms with Gasteiger partial charge in [0.15, 0.2) is 0 Å². The molecule has 0 aliphatic rings. The lowest BCUT2D eigenvalue weighted by molar-refractivity contribution is -0.121. The molecule has 2 aromatic rings. The molecule has 2 N–H and O–H groups in total. The first-order chi connectivity index (χ1) is 12.4. The van der Waals surface area contributed by atoms with E-state index in [9.17, 15) is 14.4 Å². The molecule has 1 aromatic carbocycles. The van der Waals surface area contributed by atoms with E-state index in [0.717, 1.165) is 34.7 Å². The lowest BCUT2D eigenvalue weighted by Gasteiger charge is -2.11. The van der Waals surface area contributed by atoms with Gasteiger partial charge in [-0.15, -0.1) is 0 Å². The van der Waals surface area contributed by atoms with Crippen LogP contribution in [0.3, 0.4) is 0 Å². The summed E-state index contributed by atoms with van der Waals surface area (Å²) in [6.07, 6.45) is 1.04. The monoisotopic (exact) mass is 375 g/mol. The van der Waals surface area contributed by atoms with E-state index in [2.05, 4.69) is 10.6 Å². The van der Waals surface area contributed by atoms with E-state index in [0.29, 0.717) is 13.1 Å². The zero-order valence-corrected chi connectivity index (χ0v) is 16.2. The third kappa shape index (κ3) is 5.56. The Balaban J connectivity index is 1.85. The molecule has 1 atom stereocenters. The number of aryl methyl sites for hydroxylation is 1. The predicted octanol–water partition coefficient (Wildman–Crippen LogP) is 2.91. The summed E-state index contributed by atoms with van der Waals surface area (Å²) in [6, 6.07) is 7.43. The molecule has 2 amide bonds. The van der Waals surface area contributed by atoms with Gasteiger partial charge in [-0.2, -0.15) is 0 Å². The molecular formula is C19H25N3O3S. The van der Waals surface area contributed by atoms with Crippen LogP contribution < -0.4 is 15.5 Å². The number of nitrogens with zero attached hydrogens (tertiary/aromatic N) is 1. The van der Waals surface area contributed by atoms with Crippen LogP contribution >= 0.6 is 11.3 Å². The maximum atomic E-state index is 12.0. The van der Waals surface area contributed by atoms with E-state index >= 15 is 0 Å². The Bertz CT molecular complexity index is 825. The molecule has 1 aromatic heterocycles. The Morgan fingerprint density at radius 2 is 2.08 bits per heavy atom. The van der Waals surface area contributed by atoms with Crippen LogP contribution in [0.4, 0.5) is 5.69 Å². The maximum absolute atomic E-state index is 12.0. The number of anilines is 1. The first-order valence-corrected chi connectivity index (χ1v) is 9.60. The molecule has 0 saturated carbocycles. The number of hydrogen-bond donors (Lipinski definition) is 2. The van der Waals surface area contributed by atoms with E-state index in [1.54, 1.807) is 9.95 Å². The van der Waals surface area contributed by atoms with Gasteiger partial charge in [-0.05, 0) is 31.0 Å². The second-order valence-electron chi connectivity index (χ2n) is 6.32. The van der Waals surface area contributed by atoms with Crippen LogP contribution in [0.1, 0.15) is 37.9 Å². The zero-order chi connectivity index (χ0) is 19.1. The maximum Gasteiger partial charge on any atom is 0.307 e. The van der Waals surface area contributed by atoms with Crippen LogP contribution in [0.2, 0.25) is 0 Å². The van der Waals surface area contributed by atoms with Crippen molar-refractivity contribution in [1.29, 1.82) is 0 Å². The highest BCUT2D eigenvalue weighted by atomic mass is 32.1. The Labute approximate surface area is 157 Å². The first kappa shape index (κ1) is 19.9. The molecular weight excluding hydrogens is 350 g/mol. The fourth-order valence-electron chi connectivity index (χ4n) is 2.39. The minimum Gasteiger partial charge on any atom is -0.352 e. The molecule has 0 aliphatic carbocycles. The summed E-state index contributed by atoms with van der Waals surface area (Å²) in [4.78, 5) is 35.6. The van der Waals surface area contributed by atoms with Gasteiger partial charge in [-0.3, -0.25) is 14.4 Å². The number of rotatable bonds is 8. The average Bonchev–Trinajstić information content (AvgIpc) is 2.95. The molecule has 6 nitrogen and oxygen atoms in total. The quantitative estimate of drug-likeness (QED) is 0.744. The Morgan fingerprint density at radius 3 is 2.73 bits per heavy atom. The molecule has 0 radical (unpaired) electrons. The molecule has 0 spiro atoms. The molecule has 1 unspecified atom stereocenters. The largest absolute Gasteiger partial charge is 0.352 e. The smallest absolute Gasteiger partial charge is 0.307 e. The van der Waals surface area contributed by atoms with Crippen molar-refractivity contribution in [2.75, 3.05) is 5.32 Å². The van der Waals surface area contributed by atoms with Crippen molar-refractivity contribution in [3.63, 3.8) is 0 Å². The molecule has 0 saturated heterocycles. The van der Waals surface area contributed by atoms with Crippen LogP contribution in [0.5, 0.6) is 0 Å². The third-order valence-electron chi connectivity index (χ3n) is 4.28. The average molecular weight is 375 g/mol. The molecule has 0 bridgehead atoms. The van der Waals surface area contributed by atoms with E-state index in [4.69, 9.17) is 0 Å². The van der Waals surface area contributed by atoms with Crippen molar-refractivity contribution in [1.82, 2.24) is 9.88 Å². The second-order valence-corrected chi connectivity index (χ2v) is 7.14. The molecule has 0 aliphatic heterocycles. The minimum absolute atomic E-state index is 0.00902. The SMILES string of the molecule is CCC(C)C(=O)Nc1cccc(CNC(=O)CCn2c(C)csc2=O)c1. The van der Waals surface area contributed by atoms with Crippen LogP contribution in [0.25, 0.3) is 0 Å². The van der Waals surface area contributed by atoms with Crippen LogP contribution in [-0.4, -0.2) is 16.4 Å². The summed E-state index contributed by atoms with van der Waals surface area (Å²) in [5, 5.41) is 7.53. The molecule has 140 valence electrons. The number of hydrogen-bond acceptors (Lipinski definition) is 4. The summed E-state index contributed by atoms with van der Waals surface area (Å²) >= 11 is 1.14. The summed E-state index contributed by atoms with van der Waals surface area (Å²) in [5.74, 6) is -0.163. The number of nitrogens with one attached hydrogen (secondary N) is 2. The Morgan fingerprint density at radius 1 is 1.31 bits per heavy atom. The highest BCUT2D eigenvalue weighted by Gasteiger charge is 2.11. The van der Waals surface area contributed by atoms with Crippen molar-refractivity contribution in [2.24, 2.45) is 5.92 Å².